The minimum Gasteiger partial charge on any atom is -0.463 e. The van der Waals surface area contributed by atoms with E-state index in [2.05, 4.69) is 17.3 Å². The summed E-state index contributed by atoms with van der Waals surface area (Å²) in [5.41, 5.74) is 0.0244. The number of hydrogen-bond acceptors (Lipinski definition) is 5. The molecule has 0 spiro atoms. The second kappa shape index (κ2) is 11.7. The molecule has 0 bridgehead atoms. The molecule has 0 radical (unpaired) electrons. The number of nitrogens with one attached hydrogen (secondary N) is 1. The van der Waals surface area contributed by atoms with Crippen molar-refractivity contribution >= 4 is 17.8 Å². The molecule has 2 unspecified atom stereocenters. The highest BCUT2D eigenvalue weighted by Gasteiger charge is 2.38. The molecule has 7 nitrogen and oxygen atoms in total. The summed E-state index contributed by atoms with van der Waals surface area (Å²) in [6.07, 6.45) is 3.40. The fourth-order valence-electron chi connectivity index (χ4n) is 3.85. The van der Waals surface area contributed by atoms with Gasteiger partial charge in [0.2, 0.25) is 11.8 Å². The summed E-state index contributed by atoms with van der Waals surface area (Å²) < 4.78 is 5.08. The molecule has 1 aliphatic rings. The van der Waals surface area contributed by atoms with Gasteiger partial charge in [0.25, 0.3) is 0 Å². The van der Waals surface area contributed by atoms with Gasteiger partial charge in [-0.3, -0.25) is 9.59 Å². The third-order valence-electron chi connectivity index (χ3n) is 5.98. The quantitative estimate of drug-likeness (QED) is 0.467. The Morgan fingerprint density at radius 2 is 1.74 bits per heavy atom. The van der Waals surface area contributed by atoms with Gasteiger partial charge in [0.15, 0.2) is 0 Å². The van der Waals surface area contributed by atoms with Crippen LogP contribution in [0.4, 0.5) is 0 Å². The van der Waals surface area contributed by atoms with Gasteiger partial charge in [-0.15, -0.1) is 0 Å². The maximum atomic E-state index is 13.5. The highest BCUT2D eigenvalue weighted by Crippen LogP contribution is 2.25. The van der Waals surface area contributed by atoms with Crippen LogP contribution in [0.15, 0.2) is 11.6 Å². The number of amides is 2. The number of esters is 1. The van der Waals surface area contributed by atoms with Gasteiger partial charge in [-0.1, -0.05) is 40.7 Å². The molecule has 7 heteroatoms. The number of rotatable bonds is 8. The van der Waals surface area contributed by atoms with E-state index in [0.717, 1.165) is 25.9 Å². The van der Waals surface area contributed by atoms with E-state index in [1.165, 1.54) is 0 Å². The highest BCUT2D eigenvalue weighted by atomic mass is 16.5. The normalized spacial score (nSPS) is 18.5. The number of carbonyl (C=O) groups is 3. The Morgan fingerprint density at radius 3 is 2.19 bits per heavy atom. The Hall–Kier alpha value is -1.89. The van der Waals surface area contributed by atoms with Gasteiger partial charge in [-0.25, -0.2) is 4.79 Å². The standard InChI is InChI=1S/C24H43N3O4/c1-10-31-23(30)17(4)15-19(16(2)3)27(9)22(29)20(24(5,6)7)25-21(28)18-11-13-26(8)14-12-18/h15-16,18-20H,10-14H2,1-9H3,(H,25,28)/b17-15+. The fourth-order valence-corrected chi connectivity index (χ4v) is 3.85. The van der Waals surface area contributed by atoms with Crippen LogP contribution in [0.25, 0.3) is 0 Å². The molecular weight excluding hydrogens is 394 g/mol. The molecule has 31 heavy (non-hydrogen) atoms. The lowest BCUT2D eigenvalue weighted by molar-refractivity contribution is -0.141. The second-order valence-electron chi connectivity index (χ2n) is 10.1. The topological polar surface area (TPSA) is 79.0 Å². The van der Waals surface area contributed by atoms with E-state index >= 15 is 0 Å². The molecule has 1 aliphatic heterocycles. The van der Waals surface area contributed by atoms with Gasteiger partial charge in [-0.2, -0.15) is 0 Å². The maximum absolute atomic E-state index is 13.5. The zero-order chi connectivity index (χ0) is 23.9. The fraction of sp³-hybridized carbons (Fsp3) is 0.792. The summed E-state index contributed by atoms with van der Waals surface area (Å²) in [7, 11) is 3.80. The molecule has 1 rings (SSSR count). The molecule has 1 fully saturated rings. The van der Waals surface area contributed by atoms with Gasteiger partial charge < -0.3 is 19.9 Å². The number of likely N-dealkylation sites (tertiary alicyclic amines) is 1. The van der Waals surface area contributed by atoms with Crippen LogP contribution in [0, 0.1) is 17.3 Å². The number of carbonyl (C=O) groups excluding carboxylic acids is 3. The molecule has 1 heterocycles. The average Bonchev–Trinajstić information content (AvgIpc) is 2.68. The zero-order valence-electron chi connectivity index (χ0n) is 20.9. The van der Waals surface area contributed by atoms with Gasteiger partial charge in [0.05, 0.1) is 12.6 Å². The molecule has 1 saturated heterocycles. The summed E-state index contributed by atoms with van der Waals surface area (Å²) in [4.78, 5) is 42.4. The van der Waals surface area contributed by atoms with Crippen LogP contribution in [0.5, 0.6) is 0 Å². The summed E-state index contributed by atoms with van der Waals surface area (Å²) in [6, 6.07) is -0.941. The summed E-state index contributed by atoms with van der Waals surface area (Å²) in [5, 5.41) is 3.05. The number of ether oxygens (including phenoxy) is 1. The van der Waals surface area contributed by atoms with Crippen molar-refractivity contribution in [2.24, 2.45) is 17.3 Å². The van der Waals surface area contributed by atoms with E-state index in [9.17, 15) is 14.4 Å². The van der Waals surface area contributed by atoms with Crippen LogP contribution in [0.1, 0.15) is 61.3 Å². The largest absolute Gasteiger partial charge is 0.463 e. The molecule has 0 aromatic rings. The van der Waals surface area contributed by atoms with Crippen LogP contribution in [-0.2, 0) is 19.1 Å². The molecule has 2 amide bonds. The lowest BCUT2D eigenvalue weighted by Gasteiger charge is -2.38. The van der Waals surface area contributed by atoms with Crippen molar-refractivity contribution < 1.29 is 19.1 Å². The van der Waals surface area contributed by atoms with Crippen molar-refractivity contribution in [1.82, 2.24) is 15.1 Å². The Kier molecular flexibility index (Phi) is 10.2. The lowest BCUT2D eigenvalue weighted by Crippen LogP contribution is -2.57. The van der Waals surface area contributed by atoms with Gasteiger partial charge in [-0.05, 0) is 58.2 Å². The first-order valence-electron chi connectivity index (χ1n) is 11.4. The van der Waals surface area contributed by atoms with Crippen LogP contribution < -0.4 is 5.32 Å². The van der Waals surface area contributed by atoms with Crippen LogP contribution in [0.3, 0.4) is 0 Å². The number of likely N-dealkylation sites (N-methyl/N-ethyl adjacent to an activating group) is 1. The summed E-state index contributed by atoms with van der Waals surface area (Å²) in [6.45, 7) is 15.4. The lowest BCUT2D eigenvalue weighted by atomic mass is 9.84. The van der Waals surface area contributed by atoms with Crippen molar-refractivity contribution in [2.45, 2.75) is 73.4 Å². The average molecular weight is 438 g/mol. The van der Waals surface area contributed by atoms with E-state index in [0.29, 0.717) is 12.2 Å². The summed E-state index contributed by atoms with van der Waals surface area (Å²) in [5.74, 6) is -0.555. The van der Waals surface area contributed by atoms with E-state index in [4.69, 9.17) is 4.74 Å². The van der Waals surface area contributed by atoms with Gasteiger partial charge in [0, 0.05) is 18.5 Å². The van der Waals surface area contributed by atoms with Gasteiger partial charge >= 0.3 is 5.97 Å². The van der Waals surface area contributed by atoms with E-state index in [1.54, 1.807) is 31.9 Å². The highest BCUT2D eigenvalue weighted by molar-refractivity contribution is 5.90. The Balaban J connectivity index is 3.05. The number of nitrogens with zero attached hydrogens (tertiary/aromatic N) is 2. The molecule has 178 valence electrons. The first kappa shape index (κ1) is 27.1. The molecule has 0 aromatic heterocycles. The van der Waals surface area contributed by atoms with Crippen LogP contribution in [0.2, 0.25) is 0 Å². The van der Waals surface area contributed by atoms with Crippen molar-refractivity contribution in [1.29, 1.82) is 0 Å². The Labute approximate surface area is 188 Å². The zero-order valence-corrected chi connectivity index (χ0v) is 20.9. The van der Waals surface area contributed by atoms with E-state index in [-0.39, 0.29) is 35.7 Å². The molecular formula is C24H43N3O4. The third-order valence-corrected chi connectivity index (χ3v) is 5.98. The smallest absolute Gasteiger partial charge is 0.333 e. The predicted octanol–water partition coefficient (Wildman–Crippen LogP) is 2.85. The van der Waals surface area contributed by atoms with E-state index in [1.807, 2.05) is 34.6 Å². The number of hydrogen-bond donors (Lipinski definition) is 1. The minimum atomic E-state index is -0.651. The van der Waals surface area contributed by atoms with E-state index < -0.39 is 11.5 Å². The Bertz CT molecular complexity index is 658. The van der Waals surface area contributed by atoms with Crippen LogP contribution in [-0.4, -0.2) is 73.5 Å². The summed E-state index contributed by atoms with van der Waals surface area (Å²) >= 11 is 0. The van der Waals surface area contributed by atoms with Gasteiger partial charge in [0.1, 0.15) is 6.04 Å². The monoisotopic (exact) mass is 437 g/mol. The second-order valence-corrected chi connectivity index (χ2v) is 10.1. The van der Waals surface area contributed by atoms with Crippen molar-refractivity contribution in [3.63, 3.8) is 0 Å². The predicted molar refractivity (Wildman–Crippen MR) is 123 cm³/mol. The SMILES string of the molecule is CCOC(=O)/C(C)=C/C(C(C)C)N(C)C(=O)C(NC(=O)C1CCN(C)CC1)C(C)(C)C. The molecule has 1 N–H and O–H groups in total. The molecule has 2 atom stereocenters. The first-order chi connectivity index (χ1) is 14.3. The molecule has 0 saturated carbocycles. The minimum absolute atomic E-state index is 0.0471. The number of piperidine rings is 1. The third kappa shape index (κ3) is 7.95. The molecule has 0 aromatic carbocycles. The van der Waals surface area contributed by atoms with Crippen molar-refractivity contribution in [3.8, 4) is 0 Å². The maximum Gasteiger partial charge on any atom is 0.333 e. The van der Waals surface area contributed by atoms with Crippen LogP contribution >= 0.6 is 0 Å². The van der Waals surface area contributed by atoms with Crippen molar-refractivity contribution in [2.75, 3.05) is 33.8 Å². The first-order valence-corrected chi connectivity index (χ1v) is 11.4. The molecule has 0 aliphatic carbocycles. The Morgan fingerprint density at radius 1 is 1.19 bits per heavy atom. The van der Waals surface area contributed by atoms with Crippen molar-refractivity contribution in [3.05, 3.63) is 11.6 Å².